The molecule has 20 nitrogen and oxygen atoms in total. The minimum absolute atomic E-state index is 0.0154. The number of ether oxygens (including phenoxy) is 7. The second-order valence-corrected chi connectivity index (χ2v) is 19.5. The van der Waals surface area contributed by atoms with Crippen LogP contribution < -0.4 is 10.1 Å². The average Bonchev–Trinajstić information content (AvgIpc) is 3.36. The lowest BCUT2D eigenvalue weighted by molar-refractivity contribution is -0.384. The predicted molar refractivity (Wildman–Crippen MR) is 256 cm³/mol. The molecule has 0 spiro atoms. The van der Waals surface area contributed by atoms with Crippen molar-refractivity contribution in [2.24, 2.45) is 16.7 Å². The van der Waals surface area contributed by atoms with Crippen LogP contribution >= 0.6 is 0 Å². The Morgan fingerprint density at radius 3 is 1.95 bits per heavy atom. The van der Waals surface area contributed by atoms with Gasteiger partial charge in [-0.05, 0) is 67.0 Å². The molecule has 8 rings (SSSR count). The molecule has 4 aromatic carbocycles. The van der Waals surface area contributed by atoms with Gasteiger partial charge in [0.1, 0.15) is 35.8 Å². The number of ketones is 1. The third-order valence-corrected chi connectivity index (χ3v) is 14.9. The van der Waals surface area contributed by atoms with Crippen molar-refractivity contribution in [1.82, 2.24) is 5.32 Å². The number of rotatable bonds is 13. The van der Waals surface area contributed by atoms with Crippen molar-refractivity contribution in [3.8, 4) is 5.75 Å². The summed E-state index contributed by atoms with van der Waals surface area (Å²) < 4.78 is 42.3. The quantitative estimate of drug-likeness (QED) is 0.0353. The molecule has 4 aromatic rings. The fourth-order valence-electron chi connectivity index (χ4n) is 11.2. The molecule has 20 heteroatoms. The molecule has 11 atom stereocenters. The minimum atomic E-state index is -2.55. The Bertz CT molecular complexity index is 2890. The highest BCUT2D eigenvalue weighted by Gasteiger charge is 2.79. The van der Waals surface area contributed by atoms with Gasteiger partial charge in [-0.25, -0.2) is 14.4 Å². The second-order valence-electron chi connectivity index (χ2n) is 19.5. The van der Waals surface area contributed by atoms with Gasteiger partial charge in [0.25, 0.3) is 11.6 Å². The summed E-state index contributed by atoms with van der Waals surface area (Å²) in [5.74, 6) is -7.77. The largest absolute Gasteiger partial charge is 0.514 e. The molecule has 1 aliphatic heterocycles. The molecule has 388 valence electrons. The number of carbonyl (C=O) groups is 7. The van der Waals surface area contributed by atoms with Gasteiger partial charge < -0.3 is 48.7 Å². The Balaban J connectivity index is 1.29. The number of esters is 4. The number of amides is 1. The van der Waals surface area contributed by atoms with Crippen LogP contribution in [0.25, 0.3) is 0 Å². The van der Waals surface area contributed by atoms with E-state index >= 15 is 4.79 Å². The van der Waals surface area contributed by atoms with Crippen LogP contribution in [-0.4, -0.2) is 111 Å². The molecule has 3 N–H and O–H groups in total. The number of hydrogen-bond donors (Lipinski definition) is 3. The van der Waals surface area contributed by atoms with Gasteiger partial charge in [0.2, 0.25) is 0 Å². The summed E-state index contributed by atoms with van der Waals surface area (Å²) in [6.45, 7) is 7.49. The molecule has 0 aromatic heterocycles. The minimum Gasteiger partial charge on any atom is -0.456 e. The summed E-state index contributed by atoms with van der Waals surface area (Å²) in [7, 11) is 0. The van der Waals surface area contributed by atoms with Crippen LogP contribution in [0.15, 0.2) is 126 Å². The van der Waals surface area contributed by atoms with E-state index in [-0.39, 0.29) is 40.1 Å². The number of aliphatic hydroxyl groups is 2. The van der Waals surface area contributed by atoms with Gasteiger partial charge in [-0.15, -0.1) is 0 Å². The molecule has 2 bridgehead atoms. The van der Waals surface area contributed by atoms with Crippen molar-refractivity contribution >= 4 is 47.4 Å². The van der Waals surface area contributed by atoms with Crippen molar-refractivity contribution in [2.75, 3.05) is 6.61 Å². The predicted octanol–water partition coefficient (Wildman–Crippen LogP) is 5.87. The molecule has 3 aliphatic carbocycles. The van der Waals surface area contributed by atoms with Gasteiger partial charge in [0.05, 0.1) is 34.5 Å². The number of Topliss-reactive ketones (excluding diaryl/α,β-unsaturated/α-hetero) is 1. The monoisotopic (exact) mass is 1020 g/mol. The number of benzene rings is 4. The third kappa shape index (κ3) is 9.39. The zero-order valence-corrected chi connectivity index (χ0v) is 41.1. The van der Waals surface area contributed by atoms with Crippen LogP contribution in [0, 0.1) is 26.9 Å². The van der Waals surface area contributed by atoms with Crippen LogP contribution in [0.2, 0.25) is 0 Å². The molecular formula is C54H54N2O18. The molecule has 2 saturated carbocycles. The standard InChI is InChI=1S/C54H54N2O18/c1-29-37(71-49(63)42(59)41(32-16-10-7-11-17-32)55-47(61)33-18-12-8-13-19-33)27-54(65)46(73-48(62)34-20-14-9-15-21-34)44-52(6,45(60)43(69-30(2)57)40(29)51(54,4)5)38(26-39-53(44,28-68-39)74-31(3)58)72-50(64)70-36-24-22-35(23-25-36)56(66)67/h7-25,37-39,41-44,46,59,65H,26-28H2,1-6H3,(H,55,61)/t37?,38-,39+,41-,42+,43+,44-,46-,52+,53-,54+/m0/s1. The van der Waals surface area contributed by atoms with Crippen LogP contribution in [0.4, 0.5) is 10.5 Å². The highest BCUT2D eigenvalue weighted by molar-refractivity contribution is 5.96. The lowest BCUT2D eigenvalue weighted by Crippen LogP contribution is -2.82. The first-order chi connectivity index (χ1) is 35.0. The molecule has 74 heavy (non-hydrogen) atoms. The van der Waals surface area contributed by atoms with E-state index in [0.29, 0.717) is 5.56 Å². The number of aliphatic hydroxyl groups excluding tert-OH is 1. The maximum absolute atomic E-state index is 16.2. The van der Waals surface area contributed by atoms with E-state index in [1.54, 1.807) is 66.7 Å². The molecule has 1 saturated heterocycles. The SMILES string of the molecule is CC(=O)O[C@H]1C(=O)[C@]2(C)[C@@H](OC(=O)Oc3ccc([N+](=O)[O-])cc3)C[C@H]3OC[C@@]3(OC(C)=O)[C@H]2[C@H](OC(=O)c2ccccc2)[C@]2(O)CC(OC(=O)[C@H](O)[C@@H](NC(=O)c3ccccc3)c3ccccc3)C(C)=C1C2(C)C. The van der Waals surface area contributed by atoms with Crippen molar-refractivity contribution in [1.29, 1.82) is 0 Å². The number of carbonyl (C=O) groups excluding carboxylic acids is 7. The highest BCUT2D eigenvalue weighted by Crippen LogP contribution is 2.65. The Labute approximate surface area is 424 Å². The van der Waals surface area contributed by atoms with E-state index in [1.807, 2.05) is 0 Å². The van der Waals surface area contributed by atoms with Gasteiger partial charge in [-0.3, -0.25) is 29.3 Å². The summed E-state index contributed by atoms with van der Waals surface area (Å²) in [4.78, 5) is 110. The summed E-state index contributed by atoms with van der Waals surface area (Å²) in [6.07, 6.45) is -13.1. The van der Waals surface area contributed by atoms with Crippen molar-refractivity contribution in [3.05, 3.63) is 153 Å². The maximum Gasteiger partial charge on any atom is 0.514 e. The first-order valence-electron chi connectivity index (χ1n) is 23.7. The Kier molecular flexibility index (Phi) is 14.4. The number of hydrogen-bond acceptors (Lipinski definition) is 18. The van der Waals surface area contributed by atoms with Crippen molar-refractivity contribution in [2.45, 2.75) is 108 Å². The fraction of sp³-hybridized carbons (Fsp3) is 0.389. The summed E-state index contributed by atoms with van der Waals surface area (Å²) >= 11 is 0. The summed E-state index contributed by atoms with van der Waals surface area (Å²) in [5, 5.41) is 40.0. The topological polar surface area (TPSA) is 280 Å². The molecule has 3 fully saturated rings. The van der Waals surface area contributed by atoms with Crippen LogP contribution in [0.5, 0.6) is 5.75 Å². The first-order valence-corrected chi connectivity index (χ1v) is 23.7. The first kappa shape index (κ1) is 52.5. The van der Waals surface area contributed by atoms with E-state index in [9.17, 15) is 49.1 Å². The van der Waals surface area contributed by atoms with E-state index in [1.165, 1.54) is 52.0 Å². The zero-order chi connectivity index (χ0) is 53.5. The number of fused-ring (bicyclic) bond motifs is 5. The van der Waals surface area contributed by atoms with Crippen LogP contribution in [0.3, 0.4) is 0 Å². The highest BCUT2D eigenvalue weighted by atomic mass is 16.7. The van der Waals surface area contributed by atoms with Gasteiger partial charge in [-0.1, -0.05) is 80.6 Å². The Hall–Kier alpha value is -7.81. The van der Waals surface area contributed by atoms with E-state index in [2.05, 4.69) is 5.32 Å². The van der Waals surface area contributed by atoms with Gasteiger partial charge in [-0.2, -0.15) is 0 Å². The molecular weight excluding hydrogens is 965 g/mol. The Morgan fingerprint density at radius 1 is 0.797 bits per heavy atom. The normalized spacial score (nSPS) is 28.4. The third-order valence-electron chi connectivity index (χ3n) is 14.9. The van der Waals surface area contributed by atoms with Crippen molar-refractivity contribution < 1.29 is 81.9 Å². The molecule has 1 unspecified atom stereocenters. The average molecular weight is 1020 g/mol. The van der Waals surface area contributed by atoms with E-state index < -0.39 is 130 Å². The zero-order valence-electron chi connectivity index (χ0n) is 41.1. The van der Waals surface area contributed by atoms with E-state index in [0.717, 1.165) is 38.1 Å². The Morgan fingerprint density at radius 2 is 1.39 bits per heavy atom. The summed E-state index contributed by atoms with van der Waals surface area (Å²) in [5.41, 5.74) is -8.44. The fourth-order valence-corrected chi connectivity index (χ4v) is 11.2. The van der Waals surface area contributed by atoms with Crippen LogP contribution in [0.1, 0.15) is 86.7 Å². The molecule has 1 heterocycles. The molecule has 4 aliphatic rings. The van der Waals surface area contributed by atoms with Gasteiger partial charge >= 0.3 is 30.0 Å². The smallest absolute Gasteiger partial charge is 0.456 e. The maximum atomic E-state index is 16.2. The van der Waals surface area contributed by atoms with Crippen LogP contribution in [-0.2, 0) is 47.6 Å². The van der Waals surface area contributed by atoms with Gasteiger partial charge in [0.15, 0.2) is 23.6 Å². The lowest BCUT2D eigenvalue weighted by atomic mass is 9.44. The number of nitro benzene ring substituents is 1. The van der Waals surface area contributed by atoms with Crippen molar-refractivity contribution in [3.63, 3.8) is 0 Å². The second kappa shape index (κ2) is 20.2. The van der Waals surface area contributed by atoms with Gasteiger partial charge in [0, 0.05) is 49.8 Å². The number of nitro groups is 1. The number of nitrogens with one attached hydrogen (secondary N) is 1. The molecule has 1 amide bonds. The molecule has 0 radical (unpaired) electrons. The summed E-state index contributed by atoms with van der Waals surface area (Å²) in [6, 6.07) is 26.8. The van der Waals surface area contributed by atoms with E-state index in [4.69, 9.17) is 33.2 Å². The number of non-ortho nitro benzene ring substituents is 1. The number of nitrogens with zero attached hydrogens (tertiary/aromatic N) is 1. The lowest BCUT2D eigenvalue weighted by Gasteiger charge is -2.67.